The summed E-state index contributed by atoms with van der Waals surface area (Å²) in [4.78, 5) is 29.1. The third kappa shape index (κ3) is 7.72. The van der Waals surface area contributed by atoms with E-state index in [2.05, 4.69) is 5.32 Å². The summed E-state index contributed by atoms with van der Waals surface area (Å²) in [5.41, 5.74) is 4.11. The average Bonchev–Trinajstić information content (AvgIpc) is 2.92. The van der Waals surface area contributed by atoms with Crippen LogP contribution in [0.2, 0.25) is 0 Å². The van der Waals surface area contributed by atoms with Gasteiger partial charge in [0, 0.05) is 12.6 Å². The average molecular weight is 564 g/mol. The maximum atomic E-state index is 14.1. The van der Waals surface area contributed by atoms with Crippen LogP contribution in [0.3, 0.4) is 0 Å². The van der Waals surface area contributed by atoms with Gasteiger partial charge in [-0.1, -0.05) is 67.9 Å². The second kappa shape index (κ2) is 13.6. The van der Waals surface area contributed by atoms with Gasteiger partial charge in [0.25, 0.3) is 10.0 Å². The molecule has 0 aliphatic heterocycles. The molecule has 0 aromatic heterocycles. The smallest absolute Gasteiger partial charge is 0.264 e. The van der Waals surface area contributed by atoms with Crippen LogP contribution in [0.15, 0.2) is 77.7 Å². The van der Waals surface area contributed by atoms with Crippen molar-refractivity contribution < 1.29 is 18.0 Å². The molecule has 3 aromatic rings. The number of amides is 2. The lowest BCUT2D eigenvalue weighted by Crippen LogP contribution is -2.53. The SMILES string of the molecule is CCC(C)NC(=O)C(CC)N(Cc1ccc(C)cc1)C(=O)CN(c1cc(C)cc(C)c1)S(=O)(=O)c1ccccc1. The molecule has 2 amide bonds. The number of hydrogen-bond acceptors (Lipinski definition) is 4. The number of carbonyl (C=O) groups excluding carboxylic acids is 2. The van der Waals surface area contributed by atoms with Crippen LogP contribution in [-0.2, 0) is 26.2 Å². The number of anilines is 1. The molecule has 0 heterocycles. The third-order valence-electron chi connectivity index (χ3n) is 6.96. The van der Waals surface area contributed by atoms with Crippen LogP contribution in [0.25, 0.3) is 0 Å². The molecule has 2 unspecified atom stereocenters. The van der Waals surface area contributed by atoms with Crippen molar-refractivity contribution >= 4 is 27.5 Å². The van der Waals surface area contributed by atoms with E-state index in [1.165, 1.54) is 17.0 Å². The number of sulfonamides is 1. The van der Waals surface area contributed by atoms with E-state index in [1.54, 1.807) is 30.3 Å². The molecule has 40 heavy (non-hydrogen) atoms. The minimum absolute atomic E-state index is 0.0527. The lowest BCUT2D eigenvalue weighted by Gasteiger charge is -2.34. The van der Waals surface area contributed by atoms with E-state index in [-0.39, 0.29) is 23.4 Å². The summed E-state index contributed by atoms with van der Waals surface area (Å²) in [5, 5.41) is 3.00. The van der Waals surface area contributed by atoms with E-state index < -0.39 is 28.5 Å². The van der Waals surface area contributed by atoms with Gasteiger partial charge < -0.3 is 10.2 Å². The summed E-state index contributed by atoms with van der Waals surface area (Å²) in [6.07, 6.45) is 1.14. The number of nitrogens with zero attached hydrogens (tertiary/aromatic N) is 2. The molecule has 0 fully saturated rings. The Kier molecular flexibility index (Phi) is 10.5. The molecule has 2 atom stereocenters. The molecule has 0 saturated heterocycles. The van der Waals surface area contributed by atoms with Crippen LogP contribution in [0, 0.1) is 20.8 Å². The summed E-state index contributed by atoms with van der Waals surface area (Å²) >= 11 is 0. The van der Waals surface area contributed by atoms with Crippen LogP contribution < -0.4 is 9.62 Å². The van der Waals surface area contributed by atoms with E-state index in [1.807, 2.05) is 71.9 Å². The summed E-state index contributed by atoms with van der Waals surface area (Å²) in [5.74, 6) is -0.702. The predicted octanol–water partition coefficient (Wildman–Crippen LogP) is 5.53. The Morgan fingerprint density at radius 1 is 0.825 bits per heavy atom. The van der Waals surface area contributed by atoms with Gasteiger partial charge >= 0.3 is 0 Å². The Labute approximate surface area is 239 Å². The highest BCUT2D eigenvalue weighted by molar-refractivity contribution is 7.92. The first-order valence-electron chi connectivity index (χ1n) is 13.8. The molecule has 0 saturated carbocycles. The fourth-order valence-corrected chi connectivity index (χ4v) is 6.01. The molecule has 1 N–H and O–H groups in total. The first-order chi connectivity index (χ1) is 19.0. The Morgan fingerprint density at radius 3 is 1.98 bits per heavy atom. The van der Waals surface area contributed by atoms with Gasteiger partial charge in [0.15, 0.2) is 0 Å². The lowest BCUT2D eigenvalue weighted by molar-refractivity contribution is -0.140. The molecule has 7 nitrogen and oxygen atoms in total. The molecule has 214 valence electrons. The largest absolute Gasteiger partial charge is 0.352 e. The van der Waals surface area contributed by atoms with Crippen LogP contribution >= 0.6 is 0 Å². The lowest BCUT2D eigenvalue weighted by atomic mass is 10.1. The molecule has 0 aliphatic carbocycles. The molecule has 8 heteroatoms. The van der Waals surface area contributed by atoms with Crippen molar-refractivity contribution in [3.63, 3.8) is 0 Å². The third-order valence-corrected chi connectivity index (χ3v) is 8.75. The molecule has 0 spiro atoms. The quantitative estimate of drug-likeness (QED) is 0.314. The first-order valence-corrected chi connectivity index (χ1v) is 15.2. The van der Waals surface area contributed by atoms with Crippen molar-refractivity contribution in [2.24, 2.45) is 0 Å². The number of benzene rings is 3. The topological polar surface area (TPSA) is 86.8 Å². The van der Waals surface area contributed by atoms with Crippen molar-refractivity contribution in [2.75, 3.05) is 10.8 Å². The predicted molar refractivity (Wildman–Crippen MR) is 161 cm³/mol. The van der Waals surface area contributed by atoms with Gasteiger partial charge in [0.05, 0.1) is 10.6 Å². The van der Waals surface area contributed by atoms with Crippen molar-refractivity contribution in [3.05, 3.63) is 95.1 Å². The van der Waals surface area contributed by atoms with Crippen molar-refractivity contribution in [2.45, 2.75) is 77.9 Å². The second-order valence-electron chi connectivity index (χ2n) is 10.4. The normalized spacial score (nSPS) is 12.8. The molecule has 0 aliphatic rings. The van der Waals surface area contributed by atoms with Crippen molar-refractivity contribution in [1.82, 2.24) is 10.2 Å². The molecular weight excluding hydrogens is 522 g/mol. The van der Waals surface area contributed by atoms with Gasteiger partial charge in [-0.2, -0.15) is 0 Å². The highest BCUT2D eigenvalue weighted by atomic mass is 32.2. The Morgan fingerprint density at radius 2 is 1.43 bits per heavy atom. The second-order valence-corrected chi connectivity index (χ2v) is 12.3. The van der Waals surface area contributed by atoms with Gasteiger partial charge in [-0.05, 0) is 81.5 Å². The number of aryl methyl sites for hydroxylation is 3. The van der Waals surface area contributed by atoms with E-state index in [0.29, 0.717) is 12.1 Å². The standard InChI is InChI=1S/C32H41N3O4S/c1-7-26(6)33-32(37)30(8-2)34(21-27-16-14-23(3)15-17-27)31(36)22-35(28-19-24(4)18-25(5)20-28)40(38,39)29-12-10-9-11-13-29/h9-20,26,30H,7-8,21-22H2,1-6H3,(H,33,37). The van der Waals surface area contributed by atoms with E-state index >= 15 is 0 Å². The van der Waals surface area contributed by atoms with Crippen molar-refractivity contribution in [3.8, 4) is 0 Å². The van der Waals surface area contributed by atoms with Crippen LogP contribution in [-0.4, -0.2) is 43.8 Å². The van der Waals surface area contributed by atoms with E-state index in [4.69, 9.17) is 0 Å². The minimum Gasteiger partial charge on any atom is -0.352 e. The number of carbonyl (C=O) groups is 2. The molecule has 0 radical (unpaired) electrons. The molecule has 3 rings (SSSR count). The van der Waals surface area contributed by atoms with Gasteiger partial charge in [-0.15, -0.1) is 0 Å². The van der Waals surface area contributed by atoms with Gasteiger partial charge in [0.1, 0.15) is 12.6 Å². The van der Waals surface area contributed by atoms with Gasteiger partial charge in [-0.25, -0.2) is 8.42 Å². The molecular formula is C32H41N3O4S. The monoisotopic (exact) mass is 563 g/mol. The number of rotatable bonds is 12. The zero-order chi connectivity index (χ0) is 29.4. The Hall–Kier alpha value is -3.65. The highest BCUT2D eigenvalue weighted by Gasteiger charge is 2.34. The summed E-state index contributed by atoms with van der Waals surface area (Å²) in [7, 11) is -4.09. The maximum absolute atomic E-state index is 14.1. The van der Waals surface area contributed by atoms with Crippen LogP contribution in [0.4, 0.5) is 5.69 Å². The van der Waals surface area contributed by atoms with Crippen molar-refractivity contribution in [1.29, 1.82) is 0 Å². The van der Waals surface area contributed by atoms with Gasteiger partial charge in [0.2, 0.25) is 11.8 Å². The Bertz CT molecular complexity index is 1390. The van der Waals surface area contributed by atoms with Crippen LogP contribution in [0.5, 0.6) is 0 Å². The molecule has 3 aromatic carbocycles. The fraction of sp³-hybridized carbons (Fsp3) is 0.375. The fourth-order valence-electron chi connectivity index (χ4n) is 4.59. The molecule has 0 bridgehead atoms. The summed E-state index contributed by atoms with van der Waals surface area (Å²) in [6, 6.07) is 20.5. The number of hydrogen-bond donors (Lipinski definition) is 1. The number of nitrogens with one attached hydrogen (secondary N) is 1. The minimum atomic E-state index is -4.09. The Balaban J connectivity index is 2.07. The highest BCUT2D eigenvalue weighted by Crippen LogP contribution is 2.27. The first kappa shape index (κ1) is 30.9. The summed E-state index contributed by atoms with van der Waals surface area (Å²) < 4.78 is 29.0. The van der Waals surface area contributed by atoms with Crippen LogP contribution in [0.1, 0.15) is 55.9 Å². The zero-order valence-electron chi connectivity index (χ0n) is 24.3. The maximum Gasteiger partial charge on any atom is 0.264 e. The summed E-state index contributed by atoms with van der Waals surface area (Å²) in [6.45, 7) is 11.3. The van der Waals surface area contributed by atoms with E-state index in [0.717, 1.165) is 33.0 Å². The van der Waals surface area contributed by atoms with Gasteiger partial charge in [-0.3, -0.25) is 13.9 Å². The van der Waals surface area contributed by atoms with E-state index in [9.17, 15) is 18.0 Å². The zero-order valence-corrected chi connectivity index (χ0v) is 25.2.